The fraction of sp³-hybridized carbons (Fsp3) is 0.556. The topological polar surface area (TPSA) is 224 Å². The number of fused-ring (bicyclic) bond motifs is 1. The summed E-state index contributed by atoms with van der Waals surface area (Å²) in [7, 11) is 5.84. The number of amides is 2. The molecule has 2 atom stereocenters. The second-order valence-corrected chi connectivity index (χ2v) is 15.9. The number of nitrogens with one attached hydrogen (secondary N) is 3. The monoisotopic (exact) mass is 1030 g/mol. The Morgan fingerprint density at radius 2 is 1.66 bits per heavy atom. The van der Waals surface area contributed by atoms with Gasteiger partial charge in [0.1, 0.15) is 31.0 Å². The molecule has 0 saturated carbocycles. The molecule has 1 heterocycles. The number of anilines is 2. The van der Waals surface area contributed by atoms with E-state index in [-0.39, 0.29) is 57.8 Å². The number of allylic oxidation sites excluding steroid dienone is 1. The van der Waals surface area contributed by atoms with Crippen LogP contribution < -0.4 is 88.3 Å². The number of primary amides is 1. The van der Waals surface area contributed by atoms with Crippen molar-refractivity contribution in [3.8, 4) is 17.6 Å². The van der Waals surface area contributed by atoms with Crippen LogP contribution in [0.4, 0.5) is 11.4 Å². The van der Waals surface area contributed by atoms with Crippen LogP contribution >= 0.6 is 11.6 Å². The number of aliphatic imine (C=N–C) groups is 1. The molecule has 1 aromatic heterocycles. The van der Waals surface area contributed by atoms with E-state index in [9.17, 15) is 10.1 Å². The summed E-state index contributed by atoms with van der Waals surface area (Å²) in [5.74, 6) is 1.29. The number of rotatable bonds is 29. The molecule has 394 valence electrons. The van der Waals surface area contributed by atoms with Gasteiger partial charge in [0.25, 0.3) is 0 Å². The van der Waals surface area contributed by atoms with Gasteiger partial charge in [0, 0.05) is 54.6 Å². The molecule has 3 rings (SSSR count). The van der Waals surface area contributed by atoms with Crippen molar-refractivity contribution in [3.05, 3.63) is 76.2 Å². The number of likely N-dealkylation sites (N-methyl/N-ethyl adjacent to an activating group) is 1. The Labute approximate surface area is 476 Å². The number of nitrogens with two attached hydrogens (primary N) is 2. The number of ether oxygens (including phenoxy) is 2. The number of unbranched alkanes of at least 4 members (excludes halogenated alkanes) is 4. The van der Waals surface area contributed by atoms with Gasteiger partial charge in [0.2, 0.25) is 12.8 Å². The van der Waals surface area contributed by atoms with Crippen molar-refractivity contribution in [1.29, 1.82) is 5.26 Å². The van der Waals surface area contributed by atoms with Gasteiger partial charge in [-0.15, -0.1) is 13.1 Å². The van der Waals surface area contributed by atoms with Crippen molar-refractivity contribution in [2.75, 3.05) is 72.4 Å². The Bertz CT molecular complexity index is 1910. The van der Waals surface area contributed by atoms with Crippen molar-refractivity contribution < 1.29 is 75.2 Å². The molecule has 3 aromatic rings. The maximum atomic E-state index is 9.98. The van der Waals surface area contributed by atoms with Crippen molar-refractivity contribution in [1.82, 2.24) is 20.5 Å². The molecule has 2 aromatic carbocycles. The minimum Gasteiger partial charge on any atom is -0.662 e. The normalized spacial score (nSPS) is 11.3. The van der Waals surface area contributed by atoms with Gasteiger partial charge >= 0.3 is 51.4 Å². The fourth-order valence-corrected chi connectivity index (χ4v) is 6.17. The number of halogens is 1. The third-order valence-electron chi connectivity index (χ3n) is 10.1. The Morgan fingerprint density at radius 1 is 0.986 bits per heavy atom. The summed E-state index contributed by atoms with van der Waals surface area (Å²) in [4.78, 5) is 37.6. The molecule has 0 aliphatic rings. The van der Waals surface area contributed by atoms with E-state index in [0.29, 0.717) is 47.3 Å². The average Bonchev–Trinajstić information content (AvgIpc) is 3.37. The summed E-state index contributed by atoms with van der Waals surface area (Å²) in [6.07, 6.45) is 22.1. The van der Waals surface area contributed by atoms with E-state index in [1.165, 1.54) is 25.7 Å². The fourth-order valence-electron chi connectivity index (χ4n) is 5.94. The van der Waals surface area contributed by atoms with Crippen LogP contribution in [-0.2, 0) is 14.4 Å². The maximum Gasteiger partial charge on any atom is 1.00 e. The predicted molar refractivity (Wildman–Crippen MR) is 298 cm³/mol. The van der Waals surface area contributed by atoms with Crippen molar-refractivity contribution in [3.63, 3.8) is 0 Å². The number of benzene rings is 2. The van der Waals surface area contributed by atoms with Crippen molar-refractivity contribution in [2.45, 2.75) is 132 Å². The summed E-state index contributed by atoms with van der Waals surface area (Å²) in [5, 5.41) is 25.1. The number of aromatic nitrogens is 1. The SMILES string of the molecule is C=O.CC.CC/C=C\C(COc1ccc(Nc2c(C#N)cnc3cc(OCC)c(/C=C/CN(C)CCCC[N-]CCCCN)cc23)cc1Cl)=NC.CCC(C)NC.CCCCCC(C)NC=O.NC=O.[K+]. The van der Waals surface area contributed by atoms with Crippen molar-refractivity contribution >= 4 is 65.3 Å². The van der Waals surface area contributed by atoms with E-state index in [1.54, 1.807) is 19.3 Å². The zero-order valence-electron chi connectivity index (χ0n) is 45.6. The molecule has 0 radical (unpaired) electrons. The van der Waals surface area contributed by atoms with Crippen molar-refractivity contribution in [2.24, 2.45) is 16.5 Å². The Balaban J connectivity index is -0.000000779. The summed E-state index contributed by atoms with van der Waals surface area (Å²) in [5.41, 5.74) is 14.0. The molecule has 7 N–H and O–H groups in total. The number of nitrogens with zero attached hydrogens (tertiary/aromatic N) is 5. The van der Waals surface area contributed by atoms with Gasteiger partial charge in [-0.05, 0) is 110 Å². The summed E-state index contributed by atoms with van der Waals surface area (Å²) in [6, 6.07) is 12.7. The molecular formula is C54H90ClKN10O5. The molecule has 0 spiro atoms. The molecular weight excluding hydrogens is 943 g/mol. The number of hydrogen-bond donors (Lipinski definition) is 5. The molecule has 2 unspecified atom stereocenters. The molecule has 15 nitrogen and oxygen atoms in total. The first-order valence-corrected chi connectivity index (χ1v) is 25.2. The van der Waals surface area contributed by atoms with Crippen LogP contribution in [0.25, 0.3) is 22.3 Å². The van der Waals surface area contributed by atoms with Gasteiger partial charge in [-0.1, -0.05) is 96.6 Å². The second-order valence-electron chi connectivity index (χ2n) is 15.5. The van der Waals surface area contributed by atoms with Crippen LogP contribution in [0.1, 0.15) is 131 Å². The smallest absolute Gasteiger partial charge is 0.662 e. The number of hydrogen-bond acceptors (Lipinski definition) is 12. The molecule has 17 heteroatoms. The van der Waals surface area contributed by atoms with Crippen LogP contribution in [-0.4, -0.2) is 114 Å². The standard InChI is InChI=1S/C37H49ClN7O2.C8H17NO.C5H13N.C2H6.CH3NO.CH2O.K/c1-5-7-14-31(41-3)27-47-35-16-15-30(23-33(35)38)44-37-29(25-40)26-43-34-24-36(46-6-2)28(22-32(34)37)13-12-21-45(4)20-11-10-19-42-18-9-8-17-39;1-3-4-5-6-8(2)9-7-10;1-4-5(2)6-3;1-2;2-1-3;1-2;/h7,12-16,22-24,26H,5-6,8-11,17-21,27,39H2,1-4H3,(H,43,44);7-8H,3-6H2,1-2H3,(H,9,10);5-6H,4H2,1-3H3;1-2H3;1H,(H2,2,3);1H2;/q-1;;;;;;+1/b13-12+,14-7-,41-31?;;;;;;. The number of nitriles is 1. The van der Waals surface area contributed by atoms with E-state index in [4.69, 9.17) is 36.4 Å². The number of carbonyl (C=O) groups excluding carboxylic acids is 3. The molecule has 0 aliphatic carbocycles. The van der Waals surface area contributed by atoms with E-state index in [1.807, 2.05) is 77.9 Å². The van der Waals surface area contributed by atoms with Crippen LogP contribution in [0.2, 0.25) is 5.02 Å². The van der Waals surface area contributed by atoms with Crippen LogP contribution in [0, 0.1) is 11.3 Å². The van der Waals surface area contributed by atoms with Gasteiger partial charge in [0.15, 0.2) is 0 Å². The molecule has 0 fully saturated rings. The minimum absolute atomic E-state index is 0. The maximum absolute atomic E-state index is 9.98. The third kappa shape index (κ3) is 36.8. The van der Waals surface area contributed by atoms with Crippen LogP contribution in [0.15, 0.2) is 59.7 Å². The number of pyridine rings is 1. The van der Waals surface area contributed by atoms with E-state index in [2.05, 4.69) is 94.8 Å². The van der Waals surface area contributed by atoms with Gasteiger partial charge < -0.3 is 51.9 Å². The summed E-state index contributed by atoms with van der Waals surface area (Å²) >= 11 is 6.61. The quantitative estimate of drug-likeness (QED) is 0.0195. The first-order valence-electron chi connectivity index (χ1n) is 24.8. The summed E-state index contributed by atoms with van der Waals surface area (Å²) in [6.45, 7) is 23.8. The molecule has 0 saturated heterocycles. The Kier molecular flexibility index (Phi) is 54.7. The van der Waals surface area contributed by atoms with E-state index in [0.717, 1.165) is 111 Å². The van der Waals surface area contributed by atoms with E-state index >= 15 is 0 Å². The largest absolute Gasteiger partial charge is 1.00 e. The first-order chi connectivity index (χ1) is 34.0. The molecule has 2 amide bonds. The minimum atomic E-state index is 0. The van der Waals surface area contributed by atoms with Gasteiger partial charge in [-0.2, -0.15) is 5.26 Å². The third-order valence-corrected chi connectivity index (χ3v) is 10.4. The van der Waals surface area contributed by atoms with Gasteiger partial charge in [-0.3, -0.25) is 19.6 Å². The zero-order chi connectivity index (χ0) is 53.4. The second kappa shape index (κ2) is 52.6. The number of carbonyl (C=O) groups is 3. The first kappa shape index (κ1) is 73.8. The van der Waals surface area contributed by atoms with Crippen LogP contribution in [0.3, 0.4) is 0 Å². The molecule has 0 aliphatic heterocycles. The average molecular weight is 1030 g/mol. The van der Waals surface area contributed by atoms with Gasteiger partial charge in [0.05, 0.1) is 34.1 Å². The zero-order valence-corrected chi connectivity index (χ0v) is 49.5. The molecule has 71 heavy (non-hydrogen) atoms. The van der Waals surface area contributed by atoms with Crippen LogP contribution in [0.5, 0.6) is 11.5 Å². The van der Waals surface area contributed by atoms with E-state index < -0.39 is 0 Å². The summed E-state index contributed by atoms with van der Waals surface area (Å²) < 4.78 is 11.9. The Morgan fingerprint density at radius 3 is 2.20 bits per heavy atom. The molecule has 0 bridgehead atoms. The van der Waals surface area contributed by atoms with Gasteiger partial charge in [-0.25, -0.2) is 0 Å². The Hall–Kier alpha value is -3.73. The predicted octanol–water partition coefficient (Wildman–Crippen LogP) is 7.81.